The molecule has 0 saturated carbocycles. The van der Waals surface area contributed by atoms with Gasteiger partial charge in [0.15, 0.2) is 0 Å². The SMILES string of the molecule is Cc1cc(CNC(=O)c2cc(C(=O)NCc3cccc(Nc4c(N)c(=O)c4=O)c3)n3nc(N)nc3n2)ccc1C(=O)O. The van der Waals surface area contributed by atoms with E-state index in [1.807, 2.05) is 0 Å². The molecule has 0 bridgehead atoms. The Morgan fingerprint density at radius 3 is 2.31 bits per heavy atom. The highest BCUT2D eigenvalue weighted by atomic mass is 16.4. The highest BCUT2D eigenvalue weighted by Crippen LogP contribution is 2.19. The number of carbonyl (C=O) groups excluding carboxylic acids is 2. The summed E-state index contributed by atoms with van der Waals surface area (Å²) in [6.45, 7) is 1.79. The van der Waals surface area contributed by atoms with Crippen LogP contribution in [0, 0.1) is 6.92 Å². The lowest BCUT2D eigenvalue weighted by Crippen LogP contribution is -2.36. The van der Waals surface area contributed by atoms with Gasteiger partial charge in [0.1, 0.15) is 22.8 Å². The van der Waals surface area contributed by atoms with Crippen molar-refractivity contribution in [3.8, 4) is 0 Å². The standard InChI is InChI=1S/C27H23N9O6/c1-12-7-14(5-6-16(12)25(41)42)11-30-23(39)17-9-18(36-27(33-17)34-26(29)35-36)24(40)31-10-13-3-2-4-15(8-13)32-20-19(28)21(37)22(20)38/h2-9,32H,10-11,28H2,1H3,(H2,29,35)(H,30,39)(H,31,40)(H,41,42). The second-order valence-electron chi connectivity index (χ2n) is 9.30. The Kier molecular flexibility index (Phi) is 7.06. The number of carboxylic acid groups (broad SMARTS) is 1. The highest BCUT2D eigenvalue weighted by molar-refractivity contribution is 5.98. The van der Waals surface area contributed by atoms with Crippen molar-refractivity contribution in [2.75, 3.05) is 16.8 Å². The Morgan fingerprint density at radius 2 is 1.62 bits per heavy atom. The van der Waals surface area contributed by atoms with Crippen LogP contribution in [0.4, 0.5) is 23.0 Å². The van der Waals surface area contributed by atoms with Crippen LogP contribution in [0.5, 0.6) is 0 Å². The molecule has 15 nitrogen and oxygen atoms in total. The van der Waals surface area contributed by atoms with E-state index in [4.69, 9.17) is 11.5 Å². The minimum absolute atomic E-state index is 0.0161. The van der Waals surface area contributed by atoms with Gasteiger partial charge in [0.25, 0.3) is 28.4 Å². The van der Waals surface area contributed by atoms with E-state index in [1.165, 1.54) is 12.1 Å². The van der Waals surface area contributed by atoms with Crippen LogP contribution >= 0.6 is 0 Å². The Hall–Kier alpha value is -6.12. The number of fused-ring (bicyclic) bond motifs is 1. The molecule has 0 aliphatic rings. The molecule has 5 aromatic rings. The molecule has 0 aliphatic heterocycles. The van der Waals surface area contributed by atoms with Crippen LogP contribution in [-0.4, -0.2) is 42.5 Å². The van der Waals surface area contributed by atoms with Gasteiger partial charge in [0, 0.05) is 24.8 Å². The number of nitrogen functional groups attached to an aromatic ring is 2. The van der Waals surface area contributed by atoms with Crippen molar-refractivity contribution in [1.29, 1.82) is 0 Å². The lowest BCUT2D eigenvalue weighted by atomic mass is 10.1. The number of hydrogen-bond acceptors (Lipinski definition) is 11. The molecule has 2 amide bonds. The molecule has 42 heavy (non-hydrogen) atoms. The zero-order valence-corrected chi connectivity index (χ0v) is 22.0. The molecule has 0 unspecified atom stereocenters. The number of aryl methyl sites for hydroxylation is 1. The number of nitrogens with one attached hydrogen (secondary N) is 3. The van der Waals surface area contributed by atoms with Crippen LogP contribution in [0.2, 0.25) is 0 Å². The van der Waals surface area contributed by atoms with E-state index in [-0.39, 0.29) is 53.1 Å². The van der Waals surface area contributed by atoms with Crippen LogP contribution < -0.4 is 38.3 Å². The van der Waals surface area contributed by atoms with Crippen molar-refractivity contribution in [1.82, 2.24) is 30.2 Å². The molecule has 5 rings (SSSR count). The first-order valence-electron chi connectivity index (χ1n) is 12.4. The van der Waals surface area contributed by atoms with Gasteiger partial charge in [-0.3, -0.25) is 19.2 Å². The van der Waals surface area contributed by atoms with Gasteiger partial charge in [-0.25, -0.2) is 9.78 Å². The van der Waals surface area contributed by atoms with Gasteiger partial charge in [-0.2, -0.15) is 9.50 Å². The molecular weight excluding hydrogens is 546 g/mol. The normalized spacial score (nSPS) is 11.0. The van der Waals surface area contributed by atoms with Crippen LogP contribution in [0.1, 0.15) is 48.0 Å². The van der Waals surface area contributed by atoms with Crippen LogP contribution in [-0.2, 0) is 13.1 Å². The van der Waals surface area contributed by atoms with Crippen molar-refractivity contribution in [3.63, 3.8) is 0 Å². The average molecular weight is 570 g/mol. The average Bonchev–Trinajstić information content (AvgIpc) is 3.36. The second-order valence-corrected chi connectivity index (χ2v) is 9.30. The summed E-state index contributed by atoms with van der Waals surface area (Å²) in [4.78, 5) is 68.6. The van der Waals surface area contributed by atoms with Crippen LogP contribution in [0.25, 0.3) is 5.78 Å². The van der Waals surface area contributed by atoms with E-state index in [1.54, 1.807) is 43.3 Å². The van der Waals surface area contributed by atoms with Crippen LogP contribution in [0.15, 0.2) is 58.1 Å². The molecule has 3 aromatic carbocycles. The maximum atomic E-state index is 13.2. The summed E-state index contributed by atoms with van der Waals surface area (Å²) >= 11 is 0. The lowest BCUT2D eigenvalue weighted by Gasteiger charge is -2.12. The van der Waals surface area contributed by atoms with E-state index in [9.17, 15) is 29.1 Å². The van der Waals surface area contributed by atoms with E-state index in [0.29, 0.717) is 22.4 Å². The van der Waals surface area contributed by atoms with E-state index < -0.39 is 28.6 Å². The smallest absolute Gasteiger partial charge is 0.335 e. The predicted molar refractivity (Wildman–Crippen MR) is 151 cm³/mol. The number of nitrogens with two attached hydrogens (primary N) is 2. The third-order valence-corrected chi connectivity index (χ3v) is 6.36. The molecular formula is C27H23N9O6. The number of nitrogens with zero attached hydrogens (tertiary/aromatic N) is 4. The molecule has 0 spiro atoms. The number of hydrogen-bond donors (Lipinski definition) is 6. The minimum atomic E-state index is -1.05. The number of aromatic carboxylic acids is 1. The summed E-state index contributed by atoms with van der Waals surface area (Å²) in [5.41, 5.74) is 12.1. The Morgan fingerprint density at radius 1 is 0.905 bits per heavy atom. The van der Waals surface area contributed by atoms with Gasteiger partial charge >= 0.3 is 5.97 Å². The first-order chi connectivity index (χ1) is 20.0. The molecule has 8 N–H and O–H groups in total. The van der Waals surface area contributed by atoms with Crippen molar-refractivity contribution in [3.05, 3.63) is 103 Å². The van der Waals surface area contributed by atoms with E-state index in [2.05, 4.69) is 31.0 Å². The topological polar surface area (TPSA) is 237 Å². The highest BCUT2D eigenvalue weighted by Gasteiger charge is 2.20. The Balaban J connectivity index is 1.31. The first-order valence-corrected chi connectivity index (χ1v) is 12.4. The number of aromatic nitrogens is 4. The van der Waals surface area contributed by atoms with E-state index in [0.717, 1.165) is 4.52 Å². The summed E-state index contributed by atoms with van der Waals surface area (Å²) in [7, 11) is 0. The van der Waals surface area contributed by atoms with Crippen molar-refractivity contribution >= 4 is 46.6 Å². The fourth-order valence-electron chi connectivity index (χ4n) is 4.22. The van der Waals surface area contributed by atoms with Crippen molar-refractivity contribution in [2.45, 2.75) is 20.0 Å². The fraction of sp³-hybridized carbons (Fsp3) is 0.111. The Bertz CT molecular complexity index is 1970. The number of anilines is 4. The third-order valence-electron chi connectivity index (χ3n) is 6.36. The summed E-state index contributed by atoms with van der Waals surface area (Å²) < 4.78 is 1.11. The van der Waals surface area contributed by atoms with E-state index >= 15 is 0 Å². The predicted octanol–water partition coefficient (Wildman–Crippen LogP) is 0.495. The molecule has 0 radical (unpaired) electrons. The number of rotatable bonds is 9. The molecule has 2 heterocycles. The van der Waals surface area contributed by atoms with Crippen molar-refractivity contribution < 1.29 is 19.5 Å². The largest absolute Gasteiger partial charge is 0.478 e. The number of amides is 2. The lowest BCUT2D eigenvalue weighted by molar-refractivity contribution is 0.0695. The zero-order valence-electron chi connectivity index (χ0n) is 22.0. The van der Waals surface area contributed by atoms with Gasteiger partial charge in [0.2, 0.25) is 5.95 Å². The molecule has 2 aromatic heterocycles. The van der Waals surface area contributed by atoms with Crippen LogP contribution in [0.3, 0.4) is 0 Å². The Labute approximate surface area is 235 Å². The molecule has 0 aliphatic carbocycles. The molecule has 212 valence electrons. The molecule has 0 atom stereocenters. The van der Waals surface area contributed by atoms with Gasteiger partial charge in [-0.1, -0.05) is 24.3 Å². The molecule has 0 fully saturated rings. The third kappa shape index (κ3) is 5.33. The number of carbonyl (C=O) groups is 3. The fourth-order valence-corrected chi connectivity index (χ4v) is 4.22. The quantitative estimate of drug-likeness (QED) is 0.133. The molecule has 0 saturated heterocycles. The summed E-state index contributed by atoms with van der Waals surface area (Å²) in [6, 6.07) is 12.7. The first kappa shape index (κ1) is 27.4. The monoisotopic (exact) mass is 569 g/mol. The minimum Gasteiger partial charge on any atom is -0.478 e. The second kappa shape index (κ2) is 10.8. The van der Waals surface area contributed by atoms with Gasteiger partial charge in [-0.05, 0) is 41.8 Å². The van der Waals surface area contributed by atoms with Gasteiger partial charge in [0.05, 0.1) is 5.56 Å². The maximum absolute atomic E-state index is 13.2. The van der Waals surface area contributed by atoms with Gasteiger partial charge in [-0.15, -0.1) is 5.10 Å². The molecule has 15 heteroatoms. The summed E-state index contributed by atoms with van der Waals surface area (Å²) in [5.74, 6) is -2.48. The summed E-state index contributed by atoms with van der Waals surface area (Å²) in [6.07, 6.45) is 0. The maximum Gasteiger partial charge on any atom is 0.335 e. The van der Waals surface area contributed by atoms with Crippen molar-refractivity contribution in [2.24, 2.45) is 0 Å². The zero-order chi connectivity index (χ0) is 30.1. The number of benzene rings is 2. The van der Waals surface area contributed by atoms with Gasteiger partial charge < -0.3 is 32.5 Å². The number of carboxylic acids is 1. The summed E-state index contributed by atoms with van der Waals surface area (Å²) in [5, 5.41) is 21.4.